The summed E-state index contributed by atoms with van der Waals surface area (Å²) in [7, 11) is 0. The van der Waals surface area contributed by atoms with Gasteiger partial charge in [0.25, 0.3) is 0 Å². The van der Waals surface area contributed by atoms with Crippen molar-refractivity contribution >= 4 is 0 Å². The Kier molecular flexibility index (Phi) is 7.45. The van der Waals surface area contributed by atoms with Crippen LogP contribution >= 0.6 is 0 Å². The van der Waals surface area contributed by atoms with E-state index in [4.69, 9.17) is 10.8 Å². The molecule has 3 N–H and O–H groups in total. The molecule has 0 fully saturated rings. The Morgan fingerprint density at radius 1 is 1.33 bits per heavy atom. The van der Waals surface area contributed by atoms with Gasteiger partial charge in [0.1, 0.15) is 0 Å². The average molecular weight is 174 g/mol. The van der Waals surface area contributed by atoms with Gasteiger partial charge in [0, 0.05) is 6.04 Å². The van der Waals surface area contributed by atoms with Gasteiger partial charge >= 0.3 is 0 Å². The van der Waals surface area contributed by atoms with Crippen LogP contribution in [0.5, 0.6) is 0 Å². The Balaban J connectivity index is 3.28. The molecule has 0 spiro atoms. The number of hydrogen-bond acceptors (Lipinski definition) is 3. The van der Waals surface area contributed by atoms with Crippen molar-refractivity contribution in [2.75, 3.05) is 26.2 Å². The molecule has 0 aromatic carbocycles. The van der Waals surface area contributed by atoms with Crippen LogP contribution in [0.15, 0.2) is 0 Å². The predicted molar refractivity (Wildman–Crippen MR) is 52.1 cm³/mol. The van der Waals surface area contributed by atoms with Crippen LogP contribution in [0.25, 0.3) is 0 Å². The van der Waals surface area contributed by atoms with Crippen LogP contribution in [0.4, 0.5) is 0 Å². The minimum atomic E-state index is -0.0273. The number of rotatable bonds is 7. The van der Waals surface area contributed by atoms with Crippen LogP contribution in [-0.2, 0) is 0 Å². The maximum atomic E-state index is 8.68. The molecule has 0 aliphatic rings. The fourth-order valence-corrected chi connectivity index (χ4v) is 1.21. The first-order valence-electron chi connectivity index (χ1n) is 4.83. The summed E-state index contributed by atoms with van der Waals surface area (Å²) in [6.45, 7) is 7.74. The molecule has 0 aliphatic heterocycles. The van der Waals surface area contributed by atoms with E-state index in [9.17, 15) is 0 Å². The minimum absolute atomic E-state index is 0.0273. The molecule has 0 heterocycles. The zero-order valence-corrected chi connectivity index (χ0v) is 8.29. The van der Waals surface area contributed by atoms with Crippen molar-refractivity contribution in [1.82, 2.24) is 4.90 Å². The summed E-state index contributed by atoms with van der Waals surface area (Å²) in [4.78, 5) is 2.37. The zero-order chi connectivity index (χ0) is 9.40. The molecular weight excluding hydrogens is 152 g/mol. The summed E-state index contributed by atoms with van der Waals surface area (Å²) < 4.78 is 0. The van der Waals surface area contributed by atoms with E-state index >= 15 is 0 Å². The predicted octanol–water partition coefficient (Wildman–Crippen LogP) is 0.428. The van der Waals surface area contributed by atoms with E-state index in [1.165, 1.54) is 0 Å². The van der Waals surface area contributed by atoms with Gasteiger partial charge in [-0.05, 0) is 32.5 Å². The van der Waals surface area contributed by atoms with E-state index in [1.54, 1.807) is 0 Å². The second kappa shape index (κ2) is 7.53. The Morgan fingerprint density at radius 3 is 2.33 bits per heavy atom. The van der Waals surface area contributed by atoms with E-state index in [0.717, 1.165) is 32.5 Å². The molecule has 0 saturated heterocycles. The molecule has 0 aromatic heterocycles. The van der Waals surface area contributed by atoms with Gasteiger partial charge in [-0.15, -0.1) is 0 Å². The standard InChI is InChI=1S/C9H22N2O/c1-3-11(4-2)7-5-6-9(10)8-12/h9,12H,3-8,10H2,1-2H3/t9-/m0/s1. The molecule has 0 amide bonds. The Bertz CT molecular complexity index is 94.5. The van der Waals surface area contributed by atoms with E-state index in [0.29, 0.717) is 0 Å². The molecule has 1 atom stereocenters. The summed E-state index contributed by atoms with van der Waals surface area (Å²) in [6, 6.07) is -0.0273. The number of nitrogens with zero attached hydrogens (tertiary/aromatic N) is 1. The smallest absolute Gasteiger partial charge is 0.0582 e. The molecule has 0 unspecified atom stereocenters. The third kappa shape index (κ3) is 5.52. The number of hydrogen-bond donors (Lipinski definition) is 2. The van der Waals surface area contributed by atoms with Crippen molar-refractivity contribution in [3.05, 3.63) is 0 Å². The lowest BCUT2D eigenvalue weighted by atomic mass is 10.2. The molecule has 3 heteroatoms. The molecule has 12 heavy (non-hydrogen) atoms. The first kappa shape index (κ1) is 11.9. The molecular formula is C9H22N2O. The van der Waals surface area contributed by atoms with Crippen molar-refractivity contribution in [3.63, 3.8) is 0 Å². The summed E-state index contributed by atoms with van der Waals surface area (Å²) in [6.07, 6.45) is 2.01. The van der Waals surface area contributed by atoms with E-state index < -0.39 is 0 Å². The van der Waals surface area contributed by atoms with Crippen molar-refractivity contribution in [3.8, 4) is 0 Å². The lowest BCUT2D eigenvalue weighted by molar-refractivity contribution is 0.245. The lowest BCUT2D eigenvalue weighted by Crippen LogP contribution is -2.28. The largest absolute Gasteiger partial charge is 0.395 e. The van der Waals surface area contributed by atoms with Crippen molar-refractivity contribution in [2.45, 2.75) is 32.7 Å². The molecule has 74 valence electrons. The minimum Gasteiger partial charge on any atom is -0.395 e. The average Bonchev–Trinajstić information content (AvgIpc) is 2.12. The Hall–Kier alpha value is -0.120. The number of aliphatic hydroxyl groups is 1. The fraction of sp³-hybridized carbons (Fsp3) is 1.00. The van der Waals surface area contributed by atoms with Gasteiger partial charge in [0.2, 0.25) is 0 Å². The highest BCUT2D eigenvalue weighted by molar-refractivity contribution is 4.61. The molecule has 0 rings (SSSR count). The van der Waals surface area contributed by atoms with Crippen LogP contribution in [0.1, 0.15) is 26.7 Å². The number of aliphatic hydroxyl groups excluding tert-OH is 1. The SMILES string of the molecule is CCN(CC)CCC[C@H](N)CO. The highest BCUT2D eigenvalue weighted by Gasteiger charge is 2.02. The first-order chi connectivity index (χ1) is 5.74. The molecule has 3 nitrogen and oxygen atoms in total. The van der Waals surface area contributed by atoms with Crippen LogP contribution < -0.4 is 5.73 Å². The molecule has 0 saturated carbocycles. The van der Waals surface area contributed by atoms with Crippen LogP contribution in [0.2, 0.25) is 0 Å². The Morgan fingerprint density at radius 2 is 1.92 bits per heavy atom. The molecule has 0 aromatic rings. The first-order valence-corrected chi connectivity index (χ1v) is 4.83. The second-order valence-electron chi connectivity index (χ2n) is 3.11. The monoisotopic (exact) mass is 174 g/mol. The molecule has 0 bridgehead atoms. The third-order valence-corrected chi connectivity index (χ3v) is 2.18. The zero-order valence-electron chi connectivity index (χ0n) is 8.29. The van der Waals surface area contributed by atoms with Crippen molar-refractivity contribution in [1.29, 1.82) is 0 Å². The van der Waals surface area contributed by atoms with Crippen LogP contribution in [0, 0.1) is 0 Å². The second-order valence-corrected chi connectivity index (χ2v) is 3.11. The summed E-state index contributed by atoms with van der Waals surface area (Å²) >= 11 is 0. The quantitative estimate of drug-likeness (QED) is 0.588. The maximum absolute atomic E-state index is 8.68. The molecule has 0 aliphatic carbocycles. The maximum Gasteiger partial charge on any atom is 0.0582 e. The van der Waals surface area contributed by atoms with Gasteiger partial charge < -0.3 is 15.7 Å². The van der Waals surface area contributed by atoms with Gasteiger partial charge in [0.15, 0.2) is 0 Å². The van der Waals surface area contributed by atoms with Gasteiger partial charge in [-0.25, -0.2) is 0 Å². The topological polar surface area (TPSA) is 49.5 Å². The lowest BCUT2D eigenvalue weighted by Gasteiger charge is -2.18. The van der Waals surface area contributed by atoms with Gasteiger partial charge in [-0.3, -0.25) is 0 Å². The Labute approximate surface area is 75.6 Å². The highest BCUT2D eigenvalue weighted by Crippen LogP contribution is 1.97. The summed E-state index contributed by atoms with van der Waals surface area (Å²) in [5.74, 6) is 0. The third-order valence-electron chi connectivity index (χ3n) is 2.18. The molecule has 0 radical (unpaired) electrons. The normalized spacial score (nSPS) is 13.8. The van der Waals surface area contributed by atoms with Gasteiger partial charge in [0.05, 0.1) is 6.61 Å². The van der Waals surface area contributed by atoms with Crippen molar-refractivity contribution < 1.29 is 5.11 Å². The van der Waals surface area contributed by atoms with Crippen LogP contribution in [0.3, 0.4) is 0 Å². The van der Waals surface area contributed by atoms with Crippen LogP contribution in [-0.4, -0.2) is 42.3 Å². The fourth-order valence-electron chi connectivity index (χ4n) is 1.21. The van der Waals surface area contributed by atoms with Crippen molar-refractivity contribution in [2.24, 2.45) is 5.73 Å². The highest BCUT2D eigenvalue weighted by atomic mass is 16.3. The number of nitrogens with two attached hydrogens (primary N) is 1. The van der Waals surface area contributed by atoms with E-state index in [1.807, 2.05) is 0 Å². The van der Waals surface area contributed by atoms with E-state index in [2.05, 4.69) is 18.7 Å². The summed E-state index contributed by atoms with van der Waals surface area (Å²) in [5, 5.41) is 8.68. The van der Waals surface area contributed by atoms with E-state index in [-0.39, 0.29) is 12.6 Å². The van der Waals surface area contributed by atoms with Gasteiger partial charge in [-0.1, -0.05) is 13.8 Å². The summed E-state index contributed by atoms with van der Waals surface area (Å²) in [5.41, 5.74) is 5.57. The van der Waals surface area contributed by atoms with Gasteiger partial charge in [-0.2, -0.15) is 0 Å².